The van der Waals surface area contributed by atoms with Gasteiger partial charge in [-0.2, -0.15) is 0 Å². The molecule has 2 saturated heterocycles. The van der Waals surface area contributed by atoms with E-state index in [2.05, 4.69) is 20.4 Å². The van der Waals surface area contributed by atoms with E-state index in [1.54, 1.807) is 19.1 Å². The molecular weight excluding hydrogens is 471 g/mol. The molecular formula is C20H23FN6O2S3. The van der Waals surface area contributed by atoms with Gasteiger partial charge in [0.1, 0.15) is 21.9 Å². The maximum atomic E-state index is 15.0. The van der Waals surface area contributed by atoms with Crippen LogP contribution in [-0.4, -0.2) is 76.5 Å². The predicted octanol–water partition coefficient (Wildman–Crippen LogP) is 2.75. The van der Waals surface area contributed by atoms with Crippen LogP contribution in [0.5, 0.6) is 0 Å². The lowest BCUT2D eigenvalue weighted by molar-refractivity contribution is 0.143. The largest absolute Gasteiger partial charge is 0.442 e. The van der Waals surface area contributed by atoms with Crippen LogP contribution in [-0.2, 0) is 4.74 Å². The zero-order valence-electron chi connectivity index (χ0n) is 17.7. The number of piperazine rings is 1. The third-order valence-corrected chi connectivity index (χ3v) is 6.88. The van der Waals surface area contributed by atoms with Crippen molar-refractivity contribution in [2.75, 3.05) is 49.1 Å². The van der Waals surface area contributed by atoms with E-state index in [-0.39, 0.29) is 11.9 Å². The molecule has 1 aromatic carbocycles. The summed E-state index contributed by atoms with van der Waals surface area (Å²) >= 11 is 12.0. The third-order valence-electron chi connectivity index (χ3n) is 5.31. The lowest BCUT2D eigenvalue weighted by Gasteiger charge is -2.37. The van der Waals surface area contributed by atoms with E-state index in [1.807, 2.05) is 11.8 Å². The molecule has 1 amide bonds. The highest BCUT2D eigenvalue weighted by Gasteiger charge is 2.33. The minimum Gasteiger partial charge on any atom is -0.442 e. The average molecular weight is 495 g/mol. The van der Waals surface area contributed by atoms with E-state index in [0.717, 1.165) is 10.0 Å². The maximum Gasteiger partial charge on any atom is 0.414 e. The van der Waals surface area contributed by atoms with Gasteiger partial charge in [0.2, 0.25) is 0 Å². The van der Waals surface area contributed by atoms with Crippen LogP contribution >= 0.6 is 35.8 Å². The summed E-state index contributed by atoms with van der Waals surface area (Å²) in [6.07, 6.45) is -0.822. The van der Waals surface area contributed by atoms with E-state index in [9.17, 15) is 9.18 Å². The first-order valence-electron chi connectivity index (χ1n) is 10.2. The van der Waals surface area contributed by atoms with Crippen molar-refractivity contribution < 1.29 is 13.9 Å². The number of aromatic nitrogens is 2. The van der Waals surface area contributed by atoms with Gasteiger partial charge < -0.3 is 19.9 Å². The quantitative estimate of drug-likeness (QED) is 0.632. The molecule has 0 aliphatic carbocycles. The van der Waals surface area contributed by atoms with Gasteiger partial charge in [-0.15, -0.1) is 10.2 Å². The smallest absolute Gasteiger partial charge is 0.414 e. The van der Waals surface area contributed by atoms with Crippen LogP contribution in [0.4, 0.5) is 20.6 Å². The standard InChI is InChI=1S/C20H23FN6O2S3/c1-12(30)22-10-15-11-27(20(28)29-15)14-3-4-17(16(21)9-14)25-5-7-26(8-6-25)19(31)18-24-23-13(2)32-18/h3-4,9,15H,5-8,10-11H2,1-2H3,(H,22,30). The van der Waals surface area contributed by atoms with Crippen LogP contribution in [0.1, 0.15) is 16.9 Å². The molecule has 2 aliphatic rings. The van der Waals surface area contributed by atoms with Crippen molar-refractivity contribution in [1.82, 2.24) is 20.4 Å². The average Bonchev–Trinajstić information content (AvgIpc) is 3.37. The number of anilines is 2. The van der Waals surface area contributed by atoms with Gasteiger partial charge in [-0.3, -0.25) is 4.90 Å². The number of amides is 1. The summed E-state index contributed by atoms with van der Waals surface area (Å²) in [5, 5.41) is 12.8. The Balaban J connectivity index is 1.37. The summed E-state index contributed by atoms with van der Waals surface area (Å²) in [7, 11) is 0. The van der Waals surface area contributed by atoms with Gasteiger partial charge in [0, 0.05) is 26.2 Å². The number of cyclic esters (lactones) is 1. The minimum absolute atomic E-state index is 0.336. The molecule has 0 saturated carbocycles. The SMILES string of the molecule is CC(=S)NCC1CN(c2ccc(N3CCN(C(=S)c4nnc(C)s4)CC3)c(F)c2)C(=O)O1. The van der Waals surface area contributed by atoms with Crippen LogP contribution in [0, 0.1) is 12.7 Å². The summed E-state index contributed by atoms with van der Waals surface area (Å²) in [5.41, 5.74) is 0.984. The van der Waals surface area contributed by atoms with Crippen molar-refractivity contribution in [2.24, 2.45) is 0 Å². The van der Waals surface area contributed by atoms with Crippen LogP contribution in [0.15, 0.2) is 18.2 Å². The van der Waals surface area contributed by atoms with E-state index in [1.165, 1.54) is 22.3 Å². The number of carbonyl (C=O) groups is 1. The first kappa shape index (κ1) is 22.7. The number of thiocarbonyl (C=S) groups is 2. The number of ether oxygens (including phenoxy) is 1. The molecule has 2 aliphatic heterocycles. The highest BCUT2D eigenvalue weighted by atomic mass is 32.1. The molecule has 12 heteroatoms. The minimum atomic E-state index is -0.486. The fraction of sp³-hybridized carbons (Fsp3) is 0.450. The molecule has 3 heterocycles. The van der Waals surface area contributed by atoms with E-state index in [4.69, 9.17) is 29.2 Å². The van der Waals surface area contributed by atoms with Gasteiger partial charge in [0.25, 0.3) is 0 Å². The van der Waals surface area contributed by atoms with Crippen LogP contribution in [0.25, 0.3) is 0 Å². The summed E-state index contributed by atoms with van der Waals surface area (Å²) in [4.78, 5) is 19.1. The fourth-order valence-electron chi connectivity index (χ4n) is 3.69. The second-order valence-corrected chi connectivity index (χ2v) is 9.78. The van der Waals surface area contributed by atoms with Gasteiger partial charge in [0.05, 0.1) is 29.5 Å². The Morgan fingerprint density at radius 3 is 2.66 bits per heavy atom. The Morgan fingerprint density at radius 2 is 2.03 bits per heavy atom. The number of halogens is 1. The monoisotopic (exact) mass is 494 g/mol. The predicted molar refractivity (Wildman–Crippen MR) is 130 cm³/mol. The molecule has 1 aromatic heterocycles. The summed E-state index contributed by atoms with van der Waals surface area (Å²) in [6.45, 7) is 7.04. The Morgan fingerprint density at radius 1 is 1.28 bits per heavy atom. The molecule has 1 atom stereocenters. The molecule has 0 spiro atoms. The molecule has 4 rings (SSSR count). The highest BCUT2D eigenvalue weighted by molar-refractivity contribution is 7.81. The van der Waals surface area contributed by atoms with Gasteiger partial charge in [-0.1, -0.05) is 35.8 Å². The summed E-state index contributed by atoms with van der Waals surface area (Å²) in [5.74, 6) is -0.373. The van der Waals surface area contributed by atoms with Crippen LogP contribution < -0.4 is 15.1 Å². The van der Waals surface area contributed by atoms with Crippen LogP contribution in [0.2, 0.25) is 0 Å². The second-order valence-electron chi connectivity index (χ2n) is 7.59. The van der Waals surface area contributed by atoms with E-state index < -0.39 is 6.09 Å². The molecule has 8 nitrogen and oxygen atoms in total. The van der Waals surface area contributed by atoms with Crippen molar-refractivity contribution in [2.45, 2.75) is 20.0 Å². The van der Waals surface area contributed by atoms with Gasteiger partial charge in [0.15, 0.2) is 5.01 Å². The maximum absolute atomic E-state index is 15.0. The first-order chi connectivity index (χ1) is 15.3. The number of nitrogens with zero attached hydrogens (tertiary/aromatic N) is 5. The third kappa shape index (κ3) is 4.97. The summed E-state index contributed by atoms with van der Waals surface area (Å²) < 4.78 is 20.3. The van der Waals surface area contributed by atoms with Crippen molar-refractivity contribution in [1.29, 1.82) is 0 Å². The number of hydrogen-bond acceptors (Lipinski definition) is 8. The Labute approximate surface area is 200 Å². The topological polar surface area (TPSA) is 73.8 Å². The van der Waals surface area contributed by atoms with Crippen LogP contribution in [0.3, 0.4) is 0 Å². The first-order valence-corrected chi connectivity index (χ1v) is 11.8. The molecule has 0 radical (unpaired) electrons. The normalized spacial score (nSPS) is 18.7. The number of nitrogens with one attached hydrogen (secondary N) is 1. The van der Waals surface area contributed by atoms with E-state index >= 15 is 0 Å². The molecule has 2 aromatic rings. The molecule has 32 heavy (non-hydrogen) atoms. The number of carbonyl (C=O) groups excluding carboxylic acids is 1. The van der Waals surface area contributed by atoms with Crippen molar-refractivity contribution in [3.8, 4) is 0 Å². The Bertz CT molecular complexity index is 1040. The second kappa shape index (κ2) is 9.59. The van der Waals surface area contributed by atoms with E-state index in [0.29, 0.717) is 60.6 Å². The highest BCUT2D eigenvalue weighted by Crippen LogP contribution is 2.29. The van der Waals surface area contributed by atoms with Crippen molar-refractivity contribution >= 4 is 63.2 Å². The molecule has 170 valence electrons. The number of rotatable bonds is 5. The number of benzene rings is 1. The fourth-order valence-corrected chi connectivity index (χ4v) is 4.78. The zero-order chi connectivity index (χ0) is 22.8. The Kier molecular flexibility index (Phi) is 6.82. The van der Waals surface area contributed by atoms with Gasteiger partial charge >= 0.3 is 6.09 Å². The lowest BCUT2D eigenvalue weighted by atomic mass is 10.2. The number of hydrogen-bond donors (Lipinski definition) is 1. The van der Waals surface area contributed by atoms with Crippen molar-refractivity contribution in [3.05, 3.63) is 34.0 Å². The molecule has 1 unspecified atom stereocenters. The Hall–Kier alpha value is -2.44. The zero-order valence-corrected chi connectivity index (χ0v) is 20.2. The van der Waals surface area contributed by atoms with Crippen molar-refractivity contribution in [3.63, 3.8) is 0 Å². The molecule has 0 bridgehead atoms. The molecule has 1 N–H and O–H groups in total. The summed E-state index contributed by atoms with van der Waals surface area (Å²) in [6, 6.07) is 4.85. The van der Waals surface area contributed by atoms with Gasteiger partial charge in [-0.05, 0) is 32.0 Å². The molecule has 2 fully saturated rings. The number of aryl methyl sites for hydroxylation is 1. The van der Waals surface area contributed by atoms with Gasteiger partial charge in [-0.25, -0.2) is 9.18 Å². The lowest BCUT2D eigenvalue weighted by Crippen LogP contribution is -2.48.